The maximum Gasteiger partial charge on any atom is 0.413 e. The molecule has 1 heterocycles. The van der Waals surface area contributed by atoms with E-state index in [1.54, 1.807) is 5.38 Å². The SMILES string of the molecule is CC[C@H](C)[C@H](NC(=O)N(C)Cc1csc(N(C)C(=O)O)n1)C(=O)N[C@@H](Cc1ccccc1)[C@H](O)CN(CC(C)C)S(=O)(=O)c1ccc(/C=N/O)cc1. The molecule has 5 N–H and O–H groups in total. The average molecular weight is 760 g/mol. The van der Waals surface area contributed by atoms with Crippen LogP contribution in [0.1, 0.15) is 50.9 Å². The van der Waals surface area contributed by atoms with Crippen molar-refractivity contribution >= 4 is 50.7 Å². The zero-order valence-electron chi connectivity index (χ0n) is 30.2. The van der Waals surface area contributed by atoms with Crippen molar-refractivity contribution in [2.45, 2.75) is 70.2 Å². The summed E-state index contributed by atoms with van der Waals surface area (Å²) in [5.41, 5.74) is 1.76. The molecule has 284 valence electrons. The minimum atomic E-state index is -4.10. The molecule has 0 spiro atoms. The van der Waals surface area contributed by atoms with Crippen LogP contribution in [0.4, 0.5) is 14.7 Å². The van der Waals surface area contributed by atoms with E-state index in [1.165, 1.54) is 53.8 Å². The highest BCUT2D eigenvalue weighted by molar-refractivity contribution is 7.89. The molecule has 52 heavy (non-hydrogen) atoms. The normalized spacial score (nSPS) is 14.2. The minimum Gasteiger partial charge on any atom is -0.465 e. The number of aromatic nitrogens is 1. The lowest BCUT2D eigenvalue weighted by molar-refractivity contribution is -0.125. The third kappa shape index (κ3) is 11.7. The molecule has 0 saturated carbocycles. The molecule has 3 rings (SSSR count). The maximum absolute atomic E-state index is 14.0. The van der Waals surface area contributed by atoms with Gasteiger partial charge in [0.2, 0.25) is 15.9 Å². The number of aliphatic hydroxyl groups is 1. The van der Waals surface area contributed by atoms with Crippen LogP contribution in [0.3, 0.4) is 0 Å². The minimum absolute atomic E-state index is 0.00877. The quantitative estimate of drug-likeness (QED) is 0.0720. The highest BCUT2D eigenvalue weighted by atomic mass is 32.2. The molecule has 4 atom stereocenters. The van der Waals surface area contributed by atoms with E-state index in [9.17, 15) is 33.0 Å². The molecule has 0 fully saturated rings. The van der Waals surface area contributed by atoms with Crippen molar-refractivity contribution in [1.82, 2.24) is 24.8 Å². The second-order valence-electron chi connectivity index (χ2n) is 13.0. The van der Waals surface area contributed by atoms with E-state index >= 15 is 0 Å². The molecule has 3 aromatic rings. The van der Waals surface area contributed by atoms with Crippen LogP contribution >= 0.6 is 11.3 Å². The molecule has 0 aliphatic rings. The molecule has 4 amide bonds. The van der Waals surface area contributed by atoms with Gasteiger partial charge in [0.05, 0.1) is 35.5 Å². The zero-order valence-corrected chi connectivity index (χ0v) is 31.8. The van der Waals surface area contributed by atoms with Crippen molar-refractivity contribution < 1.29 is 38.2 Å². The van der Waals surface area contributed by atoms with Gasteiger partial charge in [0.1, 0.15) is 6.04 Å². The molecule has 0 aliphatic carbocycles. The van der Waals surface area contributed by atoms with Gasteiger partial charge < -0.3 is 31.0 Å². The fourth-order valence-corrected chi connectivity index (χ4v) is 7.64. The van der Waals surface area contributed by atoms with Crippen LogP contribution in [0.2, 0.25) is 0 Å². The molecule has 0 aliphatic heterocycles. The molecule has 1 aromatic heterocycles. The summed E-state index contributed by atoms with van der Waals surface area (Å²) in [7, 11) is -1.20. The molecule has 0 radical (unpaired) electrons. The third-order valence-corrected chi connectivity index (χ3v) is 11.2. The van der Waals surface area contributed by atoms with Crippen molar-refractivity contribution in [1.29, 1.82) is 0 Å². The van der Waals surface area contributed by atoms with E-state index in [4.69, 9.17) is 5.21 Å². The molecule has 0 unspecified atom stereocenters. The summed E-state index contributed by atoms with van der Waals surface area (Å²) in [4.78, 5) is 45.2. The van der Waals surface area contributed by atoms with Crippen LogP contribution in [-0.2, 0) is 27.8 Å². The van der Waals surface area contributed by atoms with Crippen molar-refractivity contribution in [2.75, 3.05) is 32.1 Å². The molecule has 15 nitrogen and oxygen atoms in total. The molecule has 0 bridgehead atoms. The molecular weight excluding hydrogens is 711 g/mol. The number of rotatable bonds is 18. The van der Waals surface area contributed by atoms with Gasteiger partial charge in [0.25, 0.3) is 0 Å². The number of nitrogens with zero attached hydrogens (tertiary/aromatic N) is 5. The smallest absolute Gasteiger partial charge is 0.413 e. The van der Waals surface area contributed by atoms with Gasteiger partial charge in [-0.05, 0) is 41.5 Å². The summed E-state index contributed by atoms with van der Waals surface area (Å²) in [6.45, 7) is 7.23. The van der Waals surface area contributed by atoms with Gasteiger partial charge in [-0.15, -0.1) is 11.3 Å². The number of thiazole rings is 1. The second kappa shape index (κ2) is 19.3. The van der Waals surface area contributed by atoms with E-state index in [0.29, 0.717) is 17.7 Å². The topological polar surface area (TPSA) is 205 Å². The Kier molecular flexibility index (Phi) is 15.5. The predicted molar refractivity (Wildman–Crippen MR) is 199 cm³/mol. The Balaban J connectivity index is 1.85. The van der Waals surface area contributed by atoms with Crippen molar-refractivity contribution in [3.63, 3.8) is 0 Å². The Hall–Kier alpha value is -4.58. The number of aliphatic hydroxyl groups excluding tert-OH is 1. The Labute approximate surface area is 309 Å². The molecule has 17 heteroatoms. The number of urea groups is 1. The number of hydrogen-bond acceptors (Lipinski definition) is 10. The average Bonchev–Trinajstić information content (AvgIpc) is 3.57. The third-order valence-electron chi connectivity index (χ3n) is 8.41. The van der Waals surface area contributed by atoms with Crippen LogP contribution < -0.4 is 15.5 Å². The first-order chi connectivity index (χ1) is 24.6. The van der Waals surface area contributed by atoms with Gasteiger partial charge in [0, 0.05) is 32.6 Å². The van der Waals surface area contributed by atoms with Crippen LogP contribution in [0.15, 0.2) is 70.0 Å². The summed E-state index contributed by atoms with van der Waals surface area (Å²) in [5.74, 6) is -0.964. The van der Waals surface area contributed by atoms with E-state index in [1.807, 2.05) is 58.0 Å². The molecule has 2 aromatic carbocycles. The van der Waals surface area contributed by atoms with Gasteiger partial charge in [-0.2, -0.15) is 4.31 Å². The second-order valence-corrected chi connectivity index (χ2v) is 15.8. The number of nitrogens with one attached hydrogen (secondary N) is 2. The van der Waals surface area contributed by atoms with Gasteiger partial charge in [-0.1, -0.05) is 81.7 Å². The number of oxime groups is 1. The van der Waals surface area contributed by atoms with Gasteiger partial charge in [-0.3, -0.25) is 9.69 Å². The highest BCUT2D eigenvalue weighted by Gasteiger charge is 2.34. The van der Waals surface area contributed by atoms with E-state index < -0.39 is 46.2 Å². The summed E-state index contributed by atoms with van der Waals surface area (Å²) in [6, 6.07) is 12.4. The fourth-order valence-electron chi connectivity index (χ4n) is 5.24. The number of carboxylic acid groups (broad SMARTS) is 1. The molecular formula is C35H49N7O8S2. The summed E-state index contributed by atoms with van der Waals surface area (Å²) < 4.78 is 28.9. The lowest BCUT2D eigenvalue weighted by Crippen LogP contribution is -2.58. The first-order valence-electron chi connectivity index (χ1n) is 16.8. The standard InChI is InChI=1S/C35H49N7O8S2/c1-7-24(4)31(39-33(45)40(5)20-27-22-51-34(37-27)41(6)35(46)47)32(44)38-29(17-25-11-9-8-10-12-25)30(43)21-42(19-23(2)3)52(49,50)28-15-13-26(14-16-28)18-36-48/h8-16,18,22-24,29-31,43,48H,7,17,19-21H2,1-6H3,(H,38,44)(H,39,45)(H,46,47)/b36-18+/t24-,29-,30+,31-/m0/s1. The predicted octanol–water partition coefficient (Wildman–Crippen LogP) is 4.06. The Morgan fingerprint density at radius 3 is 2.23 bits per heavy atom. The van der Waals surface area contributed by atoms with Crippen LogP contribution in [-0.4, -0.2) is 108 Å². The number of sulfonamides is 1. The monoisotopic (exact) mass is 759 g/mol. The van der Waals surface area contributed by atoms with Crippen LogP contribution in [0.25, 0.3) is 0 Å². The summed E-state index contributed by atoms with van der Waals surface area (Å²) >= 11 is 1.12. The lowest BCUT2D eigenvalue weighted by Gasteiger charge is -2.33. The first-order valence-corrected chi connectivity index (χ1v) is 19.1. The largest absolute Gasteiger partial charge is 0.465 e. The number of carbonyl (C=O) groups excluding carboxylic acids is 2. The van der Waals surface area contributed by atoms with Crippen molar-refractivity contribution in [3.8, 4) is 0 Å². The summed E-state index contributed by atoms with van der Waals surface area (Å²) in [5, 5.41) is 40.4. The number of carbonyl (C=O) groups is 3. The Morgan fingerprint density at radius 2 is 1.65 bits per heavy atom. The molecule has 0 saturated heterocycles. The van der Waals surface area contributed by atoms with E-state index in [2.05, 4.69) is 20.8 Å². The van der Waals surface area contributed by atoms with E-state index in [0.717, 1.165) is 21.8 Å². The fraction of sp³-hybridized carbons (Fsp3) is 0.457. The number of hydrogen-bond donors (Lipinski definition) is 5. The Morgan fingerprint density at radius 1 is 1.00 bits per heavy atom. The number of anilines is 1. The zero-order chi connectivity index (χ0) is 38.6. The van der Waals surface area contributed by atoms with Gasteiger partial charge >= 0.3 is 12.1 Å². The van der Waals surface area contributed by atoms with Gasteiger partial charge in [0.15, 0.2) is 5.13 Å². The van der Waals surface area contributed by atoms with Crippen LogP contribution in [0, 0.1) is 11.8 Å². The van der Waals surface area contributed by atoms with Crippen LogP contribution in [0.5, 0.6) is 0 Å². The lowest BCUT2D eigenvalue weighted by atomic mass is 9.96. The van der Waals surface area contributed by atoms with Crippen molar-refractivity contribution in [3.05, 3.63) is 76.8 Å². The number of benzene rings is 2. The van der Waals surface area contributed by atoms with E-state index in [-0.39, 0.29) is 47.9 Å². The highest BCUT2D eigenvalue weighted by Crippen LogP contribution is 2.22. The summed E-state index contributed by atoms with van der Waals surface area (Å²) in [6.07, 6.45) is -0.628. The Bertz CT molecular complexity index is 1750. The number of amides is 4. The van der Waals surface area contributed by atoms with Crippen molar-refractivity contribution in [2.24, 2.45) is 17.0 Å². The first kappa shape index (κ1) is 41.8. The van der Waals surface area contributed by atoms with Gasteiger partial charge in [-0.25, -0.2) is 23.0 Å². The maximum atomic E-state index is 14.0.